The predicted molar refractivity (Wildman–Crippen MR) is 52.5 cm³/mol. The van der Waals surface area contributed by atoms with Gasteiger partial charge in [0.2, 0.25) is 0 Å². The van der Waals surface area contributed by atoms with E-state index in [9.17, 15) is 0 Å². The van der Waals surface area contributed by atoms with Crippen LogP contribution >= 0.6 is 0 Å². The molecule has 0 aliphatic heterocycles. The summed E-state index contributed by atoms with van der Waals surface area (Å²) in [5.74, 6) is 1.48. The Morgan fingerprint density at radius 3 is 3.08 bits per heavy atom. The van der Waals surface area contributed by atoms with Gasteiger partial charge in [-0.2, -0.15) is 0 Å². The van der Waals surface area contributed by atoms with E-state index in [1.54, 1.807) is 13.2 Å². The Morgan fingerprint density at radius 2 is 2.54 bits per heavy atom. The number of aromatic nitrogens is 2. The molecule has 0 unspecified atom stereocenters. The molecule has 0 aliphatic carbocycles. The van der Waals surface area contributed by atoms with Gasteiger partial charge in [0.05, 0.1) is 0 Å². The average Bonchev–Trinajstić information content (AvgIpc) is 2.52. The molecule has 0 radical (unpaired) electrons. The van der Waals surface area contributed by atoms with Crippen molar-refractivity contribution in [2.75, 3.05) is 13.6 Å². The maximum Gasteiger partial charge on any atom is 0.188 e. The van der Waals surface area contributed by atoms with E-state index in [-0.39, 0.29) is 0 Å². The molecule has 0 saturated heterocycles. The van der Waals surface area contributed by atoms with E-state index < -0.39 is 0 Å². The molecule has 1 heterocycles. The highest BCUT2D eigenvalue weighted by Crippen LogP contribution is 1.92. The number of hydrogen-bond acceptors (Lipinski definition) is 2. The van der Waals surface area contributed by atoms with Crippen LogP contribution in [0.15, 0.2) is 17.4 Å². The fraction of sp³-hybridized carbons (Fsp3) is 0.500. The van der Waals surface area contributed by atoms with Gasteiger partial charge >= 0.3 is 0 Å². The van der Waals surface area contributed by atoms with Crippen LogP contribution in [0.4, 0.5) is 0 Å². The minimum absolute atomic E-state index is 0.470. The first-order valence-electron chi connectivity index (χ1n) is 4.18. The van der Waals surface area contributed by atoms with Crippen LogP contribution in [0.1, 0.15) is 5.82 Å². The van der Waals surface area contributed by atoms with Crippen LogP contribution in [0.3, 0.4) is 0 Å². The second-order valence-corrected chi connectivity index (χ2v) is 2.70. The Morgan fingerprint density at radius 1 is 1.77 bits per heavy atom. The third-order valence-electron chi connectivity index (χ3n) is 1.82. The summed E-state index contributed by atoms with van der Waals surface area (Å²) >= 11 is 0. The van der Waals surface area contributed by atoms with Gasteiger partial charge in [-0.3, -0.25) is 4.99 Å². The zero-order valence-corrected chi connectivity index (χ0v) is 7.99. The van der Waals surface area contributed by atoms with Gasteiger partial charge in [0, 0.05) is 32.5 Å². The standard InChI is InChI=1S/C8H15N5/c1-7-11-3-5-13(7)6-4-12-8(9)10-2/h3,5H,4,6H2,1-2H3,(H3,9,10,12). The van der Waals surface area contributed by atoms with Crippen molar-refractivity contribution >= 4 is 5.96 Å². The van der Waals surface area contributed by atoms with Crippen molar-refractivity contribution in [1.29, 1.82) is 0 Å². The second-order valence-electron chi connectivity index (χ2n) is 2.70. The van der Waals surface area contributed by atoms with Crippen molar-refractivity contribution in [3.05, 3.63) is 18.2 Å². The Bertz CT molecular complexity index is 288. The molecule has 0 aliphatic rings. The van der Waals surface area contributed by atoms with E-state index in [4.69, 9.17) is 5.73 Å². The summed E-state index contributed by atoms with van der Waals surface area (Å²) in [7, 11) is 1.66. The lowest BCUT2D eigenvalue weighted by atomic mass is 10.5. The molecular weight excluding hydrogens is 166 g/mol. The smallest absolute Gasteiger partial charge is 0.188 e. The molecule has 5 heteroatoms. The lowest BCUT2D eigenvalue weighted by Crippen LogP contribution is -2.33. The molecule has 0 fully saturated rings. The summed E-state index contributed by atoms with van der Waals surface area (Å²) in [5, 5.41) is 2.98. The highest BCUT2D eigenvalue weighted by molar-refractivity contribution is 5.77. The van der Waals surface area contributed by atoms with Gasteiger partial charge in [-0.15, -0.1) is 0 Å². The average molecular weight is 181 g/mol. The van der Waals surface area contributed by atoms with Gasteiger partial charge in [-0.25, -0.2) is 4.98 Å². The minimum Gasteiger partial charge on any atom is -0.370 e. The van der Waals surface area contributed by atoms with Crippen molar-refractivity contribution in [3.8, 4) is 0 Å². The Kier molecular flexibility index (Phi) is 3.31. The molecule has 13 heavy (non-hydrogen) atoms. The number of aryl methyl sites for hydroxylation is 1. The van der Waals surface area contributed by atoms with Gasteiger partial charge in [-0.05, 0) is 6.92 Å². The first kappa shape index (κ1) is 9.57. The summed E-state index contributed by atoms with van der Waals surface area (Å²) in [5.41, 5.74) is 5.46. The number of hydrogen-bond donors (Lipinski definition) is 2. The quantitative estimate of drug-likeness (QED) is 0.498. The summed E-state index contributed by atoms with van der Waals surface area (Å²) in [6.45, 7) is 3.58. The van der Waals surface area contributed by atoms with Crippen molar-refractivity contribution in [1.82, 2.24) is 14.9 Å². The van der Waals surface area contributed by atoms with Gasteiger partial charge in [0.1, 0.15) is 5.82 Å². The van der Waals surface area contributed by atoms with E-state index in [0.29, 0.717) is 5.96 Å². The van der Waals surface area contributed by atoms with Crippen LogP contribution in [-0.2, 0) is 6.54 Å². The molecule has 0 spiro atoms. The molecule has 1 aromatic heterocycles. The highest BCUT2D eigenvalue weighted by Gasteiger charge is 1.95. The fourth-order valence-electron chi connectivity index (χ4n) is 1.02. The van der Waals surface area contributed by atoms with Crippen LogP contribution in [-0.4, -0.2) is 29.1 Å². The maximum atomic E-state index is 5.46. The molecule has 0 saturated carbocycles. The number of nitrogens with zero attached hydrogens (tertiary/aromatic N) is 3. The molecule has 1 aromatic rings. The number of imidazole rings is 1. The molecule has 5 nitrogen and oxygen atoms in total. The van der Waals surface area contributed by atoms with Gasteiger partial charge in [0.15, 0.2) is 5.96 Å². The van der Waals surface area contributed by atoms with Crippen LogP contribution < -0.4 is 11.1 Å². The Balaban J connectivity index is 2.32. The number of aliphatic imine (C=N–C) groups is 1. The zero-order valence-electron chi connectivity index (χ0n) is 7.99. The minimum atomic E-state index is 0.470. The summed E-state index contributed by atoms with van der Waals surface area (Å²) in [6.07, 6.45) is 3.73. The third kappa shape index (κ3) is 2.77. The lowest BCUT2D eigenvalue weighted by Gasteiger charge is -2.06. The van der Waals surface area contributed by atoms with E-state index in [1.165, 1.54) is 0 Å². The molecule has 0 aromatic carbocycles. The lowest BCUT2D eigenvalue weighted by molar-refractivity contribution is 0.653. The third-order valence-corrected chi connectivity index (χ3v) is 1.82. The van der Waals surface area contributed by atoms with Gasteiger partial charge < -0.3 is 15.6 Å². The molecular formula is C8H15N5. The zero-order chi connectivity index (χ0) is 9.68. The number of nitrogens with one attached hydrogen (secondary N) is 1. The first-order chi connectivity index (χ1) is 6.24. The summed E-state index contributed by atoms with van der Waals surface area (Å²) in [4.78, 5) is 7.90. The van der Waals surface area contributed by atoms with Gasteiger partial charge in [0.25, 0.3) is 0 Å². The first-order valence-corrected chi connectivity index (χ1v) is 4.18. The summed E-state index contributed by atoms with van der Waals surface area (Å²) < 4.78 is 2.05. The molecule has 0 amide bonds. The normalized spacial score (nSPS) is 11.7. The van der Waals surface area contributed by atoms with Gasteiger partial charge in [-0.1, -0.05) is 0 Å². The molecule has 72 valence electrons. The van der Waals surface area contributed by atoms with Crippen LogP contribution in [0, 0.1) is 6.92 Å². The Hall–Kier alpha value is -1.52. The van der Waals surface area contributed by atoms with E-state index in [2.05, 4.69) is 19.9 Å². The SMILES string of the molecule is CN=C(N)NCCn1ccnc1C. The van der Waals surface area contributed by atoms with Crippen LogP contribution in [0.2, 0.25) is 0 Å². The van der Waals surface area contributed by atoms with Crippen molar-refractivity contribution in [2.24, 2.45) is 10.7 Å². The van der Waals surface area contributed by atoms with E-state index in [0.717, 1.165) is 18.9 Å². The molecule has 0 bridgehead atoms. The van der Waals surface area contributed by atoms with Crippen LogP contribution in [0.25, 0.3) is 0 Å². The molecule has 1 rings (SSSR count). The van der Waals surface area contributed by atoms with Crippen molar-refractivity contribution < 1.29 is 0 Å². The number of rotatable bonds is 3. The van der Waals surface area contributed by atoms with Crippen LogP contribution in [0.5, 0.6) is 0 Å². The predicted octanol–water partition coefficient (Wildman–Crippen LogP) is -0.274. The summed E-state index contributed by atoms with van der Waals surface area (Å²) in [6, 6.07) is 0. The highest BCUT2D eigenvalue weighted by atomic mass is 15.1. The van der Waals surface area contributed by atoms with Crippen molar-refractivity contribution in [2.45, 2.75) is 13.5 Å². The number of guanidine groups is 1. The molecule has 3 N–H and O–H groups in total. The largest absolute Gasteiger partial charge is 0.370 e. The van der Waals surface area contributed by atoms with E-state index >= 15 is 0 Å². The topological polar surface area (TPSA) is 68.2 Å². The number of nitrogens with two attached hydrogens (primary N) is 1. The monoisotopic (exact) mass is 181 g/mol. The second kappa shape index (κ2) is 4.49. The van der Waals surface area contributed by atoms with Crippen molar-refractivity contribution in [3.63, 3.8) is 0 Å². The van der Waals surface area contributed by atoms with E-state index in [1.807, 2.05) is 13.1 Å². The Labute approximate surface area is 77.7 Å². The molecule has 0 atom stereocenters. The fourth-order valence-corrected chi connectivity index (χ4v) is 1.02. The maximum absolute atomic E-state index is 5.46.